The number of benzene rings is 1. The fourth-order valence-electron chi connectivity index (χ4n) is 3.50. The summed E-state index contributed by atoms with van der Waals surface area (Å²) in [5.41, 5.74) is 0.669. The molecule has 3 aromatic rings. The van der Waals surface area contributed by atoms with E-state index in [1.54, 1.807) is 11.3 Å². The summed E-state index contributed by atoms with van der Waals surface area (Å²) in [5, 5.41) is 7.66. The van der Waals surface area contributed by atoms with Crippen molar-refractivity contribution in [2.75, 3.05) is 43.4 Å². The standard InChI is InChI=1S/C23H28N8OS2/c1-3-17-14-24-22(33-17)27-20-26-21(31-12-10-30(2)11-13-31)29-23(28-20)34-18-8-4-15(5-9-18)19(32)25-16-6-7-16/h4-5,8-9,14,16H,3,6-7,10-13H2,1-2H3,(H,25,32)(H,24,26,27,28,29). The summed E-state index contributed by atoms with van der Waals surface area (Å²) in [6, 6.07) is 7.92. The predicted octanol–water partition coefficient (Wildman–Crippen LogP) is 3.43. The normalized spacial score (nSPS) is 16.5. The van der Waals surface area contributed by atoms with Crippen LogP contribution in [0, 0.1) is 0 Å². The second kappa shape index (κ2) is 10.2. The Labute approximate surface area is 207 Å². The van der Waals surface area contributed by atoms with Gasteiger partial charge in [0.05, 0.1) is 0 Å². The SMILES string of the molecule is CCc1cnc(Nc2nc(Sc3ccc(C(=O)NC4CC4)cc3)nc(N3CCN(C)CC3)n2)s1. The summed E-state index contributed by atoms with van der Waals surface area (Å²) >= 11 is 3.06. The van der Waals surface area contributed by atoms with E-state index in [9.17, 15) is 4.79 Å². The van der Waals surface area contributed by atoms with Crippen molar-refractivity contribution in [3.8, 4) is 0 Å². The molecule has 2 aliphatic rings. The van der Waals surface area contributed by atoms with Gasteiger partial charge in [-0.3, -0.25) is 10.1 Å². The lowest BCUT2D eigenvalue weighted by molar-refractivity contribution is 0.0951. The Balaban J connectivity index is 1.36. The molecule has 2 N–H and O–H groups in total. The number of rotatable bonds is 8. The number of thiazole rings is 1. The average molecular weight is 497 g/mol. The smallest absolute Gasteiger partial charge is 0.251 e. The molecule has 0 unspecified atom stereocenters. The molecular weight excluding hydrogens is 468 g/mol. The molecule has 2 aromatic heterocycles. The predicted molar refractivity (Wildman–Crippen MR) is 135 cm³/mol. The summed E-state index contributed by atoms with van der Waals surface area (Å²) in [6.07, 6.45) is 4.97. The molecule has 2 fully saturated rings. The number of hydrogen-bond acceptors (Lipinski definition) is 10. The van der Waals surface area contributed by atoms with Crippen LogP contribution in [-0.4, -0.2) is 70.0 Å². The minimum Gasteiger partial charge on any atom is -0.349 e. The van der Waals surface area contributed by atoms with Gasteiger partial charge in [-0.25, -0.2) is 4.98 Å². The van der Waals surface area contributed by atoms with Crippen molar-refractivity contribution >= 4 is 46.0 Å². The zero-order valence-corrected chi connectivity index (χ0v) is 21.0. The van der Waals surface area contributed by atoms with Crippen LogP contribution in [0.25, 0.3) is 0 Å². The van der Waals surface area contributed by atoms with E-state index in [0.29, 0.717) is 28.7 Å². The summed E-state index contributed by atoms with van der Waals surface area (Å²) in [6.45, 7) is 5.78. The van der Waals surface area contributed by atoms with Gasteiger partial charge in [0.25, 0.3) is 5.91 Å². The van der Waals surface area contributed by atoms with E-state index in [0.717, 1.165) is 55.5 Å². The first kappa shape index (κ1) is 23.0. The van der Waals surface area contributed by atoms with Crippen LogP contribution in [0.2, 0.25) is 0 Å². The van der Waals surface area contributed by atoms with Gasteiger partial charge in [-0.2, -0.15) is 15.0 Å². The summed E-state index contributed by atoms with van der Waals surface area (Å²) in [5.74, 6) is 1.14. The van der Waals surface area contributed by atoms with Crippen molar-refractivity contribution in [3.63, 3.8) is 0 Å². The van der Waals surface area contributed by atoms with Crippen LogP contribution in [0.1, 0.15) is 35.0 Å². The maximum atomic E-state index is 12.3. The number of nitrogens with one attached hydrogen (secondary N) is 2. The number of aromatic nitrogens is 4. The van der Waals surface area contributed by atoms with Gasteiger partial charge in [0.15, 0.2) is 10.3 Å². The van der Waals surface area contributed by atoms with Gasteiger partial charge in [0.2, 0.25) is 11.9 Å². The Bertz CT molecular complexity index is 1140. The fraction of sp³-hybridized carbons (Fsp3) is 0.435. The molecule has 1 saturated heterocycles. The highest BCUT2D eigenvalue weighted by molar-refractivity contribution is 7.99. The lowest BCUT2D eigenvalue weighted by atomic mass is 10.2. The van der Waals surface area contributed by atoms with Gasteiger partial charge in [-0.05, 0) is 62.3 Å². The number of aryl methyl sites for hydroxylation is 1. The zero-order chi connectivity index (χ0) is 23.5. The number of hydrogen-bond donors (Lipinski definition) is 2. The second-order valence-electron chi connectivity index (χ2n) is 8.52. The van der Waals surface area contributed by atoms with Crippen LogP contribution in [0.15, 0.2) is 40.5 Å². The second-order valence-corrected chi connectivity index (χ2v) is 10.7. The van der Waals surface area contributed by atoms with Crippen molar-refractivity contribution in [1.29, 1.82) is 0 Å². The van der Waals surface area contributed by atoms with Crippen molar-refractivity contribution < 1.29 is 4.79 Å². The molecule has 34 heavy (non-hydrogen) atoms. The largest absolute Gasteiger partial charge is 0.349 e. The van der Waals surface area contributed by atoms with Gasteiger partial charge in [-0.1, -0.05) is 6.92 Å². The van der Waals surface area contributed by atoms with Crippen molar-refractivity contribution in [2.24, 2.45) is 0 Å². The molecule has 1 aliphatic carbocycles. The molecule has 5 rings (SSSR count). The average Bonchev–Trinajstić information content (AvgIpc) is 3.54. The molecule has 1 aliphatic heterocycles. The molecule has 9 nitrogen and oxygen atoms in total. The van der Waals surface area contributed by atoms with Gasteiger partial charge < -0.3 is 15.1 Å². The molecule has 178 valence electrons. The Kier molecular flexibility index (Phi) is 6.93. The third kappa shape index (κ3) is 5.83. The Morgan fingerprint density at radius 2 is 1.88 bits per heavy atom. The van der Waals surface area contributed by atoms with E-state index in [1.165, 1.54) is 16.6 Å². The quantitative estimate of drug-likeness (QED) is 0.486. The van der Waals surface area contributed by atoms with Crippen LogP contribution in [-0.2, 0) is 6.42 Å². The minimum absolute atomic E-state index is 0.0158. The summed E-state index contributed by atoms with van der Waals surface area (Å²) < 4.78 is 0. The number of piperazine rings is 1. The molecule has 0 atom stereocenters. The third-order valence-electron chi connectivity index (χ3n) is 5.75. The molecule has 0 spiro atoms. The monoisotopic (exact) mass is 496 g/mol. The highest BCUT2D eigenvalue weighted by Gasteiger charge is 2.24. The number of nitrogens with zero attached hydrogens (tertiary/aromatic N) is 6. The first-order valence-electron chi connectivity index (χ1n) is 11.6. The Morgan fingerprint density at radius 1 is 1.12 bits per heavy atom. The zero-order valence-electron chi connectivity index (χ0n) is 19.3. The van der Waals surface area contributed by atoms with E-state index < -0.39 is 0 Å². The molecule has 3 heterocycles. The number of carbonyl (C=O) groups is 1. The number of anilines is 3. The lowest BCUT2D eigenvalue weighted by Gasteiger charge is -2.32. The lowest BCUT2D eigenvalue weighted by Crippen LogP contribution is -2.45. The van der Waals surface area contributed by atoms with Crippen LogP contribution in [0.4, 0.5) is 17.0 Å². The molecule has 0 bridgehead atoms. The van der Waals surface area contributed by atoms with E-state index in [4.69, 9.17) is 9.97 Å². The molecule has 1 saturated carbocycles. The molecule has 1 aromatic carbocycles. The topological polar surface area (TPSA) is 99.2 Å². The highest BCUT2D eigenvalue weighted by atomic mass is 32.2. The van der Waals surface area contributed by atoms with Gasteiger partial charge in [0.1, 0.15) is 0 Å². The first-order valence-corrected chi connectivity index (χ1v) is 13.2. The number of amides is 1. The fourth-order valence-corrected chi connectivity index (χ4v) is 4.98. The Hall–Kier alpha value is -2.76. The maximum absolute atomic E-state index is 12.3. The van der Waals surface area contributed by atoms with Crippen LogP contribution < -0.4 is 15.5 Å². The van der Waals surface area contributed by atoms with Crippen molar-refractivity contribution in [1.82, 2.24) is 30.2 Å². The summed E-state index contributed by atoms with van der Waals surface area (Å²) in [7, 11) is 2.13. The van der Waals surface area contributed by atoms with Crippen LogP contribution in [0.3, 0.4) is 0 Å². The van der Waals surface area contributed by atoms with Gasteiger partial charge in [0, 0.05) is 53.8 Å². The van der Waals surface area contributed by atoms with Crippen LogP contribution >= 0.6 is 23.1 Å². The van der Waals surface area contributed by atoms with E-state index >= 15 is 0 Å². The van der Waals surface area contributed by atoms with E-state index in [2.05, 4.69) is 44.4 Å². The first-order chi connectivity index (χ1) is 16.6. The molecular formula is C23H28N8OS2. The van der Waals surface area contributed by atoms with Crippen LogP contribution in [0.5, 0.6) is 0 Å². The third-order valence-corrected chi connectivity index (χ3v) is 7.68. The van der Waals surface area contributed by atoms with E-state index in [-0.39, 0.29) is 5.91 Å². The maximum Gasteiger partial charge on any atom is 0.251 e. The van der Waals surface area contributed by atoms with Crippen molar-refractivity contribution in [2.45, 2.75) is 42.3 Å². The Morgan fingerprint density at radius 3 is 2.56 bits per heavy atom. The van der Waals surface area contributed by atoms with Gasteiger partial charge in [-0.15, -0.1) is 11.3 Å². The highest BCUT2D eigenvalue weighted by Crippen LogP contribution is 2.29. The molecule has 11 heteroatoms. The van der Waals surface area contributed by atoms with Crippen molar-refractivity contribution in [3.05, 3.63) is 40.9 Å². The van der Waals surface area contributed by atoms with Gasteiger partial charge >= 0.3 is 0 Å². The summed E-state index contributed by atoms with van der Waals surface area (Å²) in [4.78, 5) is 37.5. The molecule has 0 radical (unpaired) electrons. The molecule has 1 amide bonds. The number of carbonyl (C=O) groups excluding carboxylic acids is 1. The number of likely N-dealkylation sites (N-methyl/N-ethyl adjacent to an activating group) is 1. The minimum atomic E-state index is -0.0158. The van der Waals surface area contributed by atoms with E-state index in [1.807, 2.05) is 30.5 Å².